The third kappa shape index (κ3) is 14.8. The Morgan fingerprint density at radius 1 is 0.614 bits per heavy atom. The molecule has 6 nitrogen and oxygen atoms in total. The Morgan fingerprint density at radius 3 is 1.64 bits per heavy atom. The van der Waals surface area contributed by atoms with E-state index >= 15 is 0 Å². The van der Waals surface area contributed by atoms with Crippen LogP contribution in [0.25, 0.3) is 0 Å². The first kappa shape index (κ1) is 43.3. The Balaban J connectivity index is 4.92. The molecule has 0 heterocycles. The monoisotopic (exact) mass is 629 g/mol. The average molecular weight is 629 g/mol. The third-order valence-corrected chi connectivity index (χ3v) is 10.4. The number of carbonyl (C=O) groups excluding carboxylic acids is 1. The van der Waals surface area contributed by atoms with E-state index in [1.807, 2.05) is 0 Å². The van der Waals surface area contributed by atoms with Crippen molar-refractivity contribution in [2.24, 2.45) is 33.5 Å². The van der Waals surface area contributed by atoms with Crippen LogP contribution in [0.4, 0.5) is 0 Å². The molecule has 0 rings (SSSR count). The summed E-state index contributed by atoms with van der Waals surface area (Å²) in [6, 6.07) is 0. The second-order valence-electron chi connectivity index (χ2n) is 18.6. The molecule has 0 bridgehead atoms. The number of rotatable bonds is 20. The second kappa shape index (κ2) is 16.4. The molecule has 0 N–H and O–H groups in total. The van der Waals surface area contributed by atoms with Crippen molar-refractivity contribution in [2.75, 3.05) is 33.0 Å². The molecular formula is C38H76O6. The molecule has 2 atom stereocenters. The minimum absolute atomic E-state index is 0.0254. The van der Waals surface area contributed by atoms with Crippen molar-refractivity contribution < 1.29 is 28.5 Å². The summed E-state index contributed by atoms with van der Waals surface area (Å²) in [6.07, 6.45) is 2.71. The fraction of sp³-hybridized carbons (Fsp3) is 0.974. The summed E-state index contributed by atoms with van der Waals surface area (Å²) in [5.74, 6) is -0.0100. The molecule has 0 saturated heterocycles. The minimum Gasteiger partial charge on any atom is -0.463 e. The van der Waals surface area contributed by atoms with Gasteiger partial charge in [0.25, 0.3) is 0 Å². The van der Waals surface area contributed by atoms with Gasteiger partial charge in [0, 0.05) is 6.61 Å². The van der Waals surface area contributed by atoms with Gasteiger partial charge in [0.15, 0.2) is 0 Å². The zero-order valence-electron chi connectivity index (χ0n) is 32.8. The second-order valence-corrected chi connectivity index (χ2v) is 18.6. The molecule has 0 aromatic heterocycles. The summed E-state index contributed by atoms with van der Waals surface area (Å²) in [5, 5.41) is 0. The summed E-state index contributed by atoms with van der Waals surface area (Å²) >= 11 is 0. The Bertz CT molecular complexity index is 838. The molecule has 0 fully saturated rings. The number of hydrogen-bond acceptors (Lipinski definition) is 6. The topological polar surface area (TPSA) is 63.2 Å². The van der Waals surface area contributed by atoms with E-state index in [0.29, 0.717) is 19.8 Å². The first-order chi connectivity index (χ1) is 19.5. The van der Waals surface area contributed by atoms with Gasteiger partial charge in [-0.3, -0.25) is 4.79 Å². The van der Waals surface area contributed by atoms with Crippen LogP contribution in [-0.2, 0) is 28.5 Å². The Hall–Kier alpha value is -0.690. The van der Waals surface area contributed by atoms with Crippen molar-refractivity contribution in [3.63, 3.8) is 0 Å². The van der Waals surface area contributed by atoms with E-state index in [1.54, 1.807) is 0 Å². The van der Waals surface area contributed by atoms with Crippen LogP contribution in [0.1, 0.15) is 151 Å². The van der Waals surface area contributed by atoms with Crippen LogP contribution >= 0.6 is 0 Å². The number of carbonyl (C=O) groups is 1. The van der Waals surface area contributed by atoms with E-state index in [4.69, 9.17) is 23.7 Å². The highest BCUT2D eigenvalue weighted by molar-refractivity contribution is 5.73. The lowest BCUT2D eigenvalue weighted by atomic mass is 9.68. The normalized spacial score (nSPS) is 15.9. The highest BCUT2D eigenvalue weighted by Gasteiger charge is 2.44. The standard InChI is InChI=1S/C38H76O6/c1-28(2)40-22-20-34(10,11)37(16,17)44-27-29(3)36(14,15)38(18,19)43-23-21-35(12,13)42-25-24-41-31(39)30(33(7,8)9)26-32(4,5)6/h28-30H,20-27H2,1-19H3. The van der Waals surface area contributed by atoms with E-state index in [1.165, 1.54) is 0 Å². The zero-order chi connectivity index (χ0) is 35.0. The minimum atomic E-state index is -0.398. The van der Waals surface area contributed by atoms with Crippen LogP contribution in [0, 0.1) is 33.5 Å². The van der Waals surface area contributed by atoms with Crippen LogP contribution < -0.4 is 0 Å². The number of esters is 1. The van der Waals surface area contributed by atoms with Gasteiger partial charge >= 0.3 is 5.97 Å². The van der Waals surface area contributed by atoms with Crippen LogP contribution in [-0.4, -0.2) is 61.9 Å². The van der Waals surface area contributed by atoms with E-state index in [0.717, 1.165) is 25.9 Å². The predicted octanol–water partition coefficient (Wildman–Crippen LogP) is 9.91. The summed E-state index contributed by atoms with van der Waals surface area (Å²) in [6.45, 7) is 43.8. The quantitative estimate of drug-likeness (QED) is 0.0988. The molecule has 0 saturated carbocycles. The molecule has 264 valence electrons. The summed E-state index contributed by atoms with van der Waals surface area (Å²) in [5.41, 5.74) is -1.32. The largest absolute Gasteiger partial charge is 0.463 e. The van der Waals surface area contributed by atoms with Gasteiger partial charge in [-0.2, -0.15) is 0 Å². The van der Waals surface area contributed by atoms with Gasteiger partial charge in [-0.05, 0) is 102 Å². The molecule has 0 aromatic rings. The van der Waals surface area contributed by atoms with E-state index in [2.05, 4.69) is 132 Å². The summed E-state index contributed by atoms with van der Waals surface area (Å²) < 4.78 is 30.8. The summed E-state index contributed by atoms with van der Waals surface area (Å²) in [4.78, 5) is 12.9. The van der Waals surface area contributed by atoms with Crippen LogP contribution in [0.5, 0.6) is 0 Å². The molecule has 0 aliphatic carbocycles. The molecule has 0 aliphatic heterocycles. The highest BCUT2D eigenvalue weighted by atomic mass is 16.6. The maximum absolute atomic E-state index is 12.9. The van der Waals surface area contributed by atoms with Crippen molar-refractivity contribution in [3.05, 3.63) is 0 Å². The van der Waals surface area contributed by atoms with Gasteiger partial charge in [0.2, 0.25) is 0 Å². The van der Waals surface area contributed by atoms with Gasteiger partial charge in [-0.25, -0.2) is 0 Å². The number of ether oxygens (including phenoxy) is 5. The Morgan fingerprint density at radius 2 is 1.16 bits per heavy atom. The molecule has 0 aromatic carbocycles. The Labute approximate surface area is 274 Å². The first-order valence-electron chi connectivity index (χ1n) is 17.2. The van der Waals surface area contributed by atoms with Crippen molar-refractivity contribution in [3.8, 4) is 0 Å². The van der Waals surface area contributed by atoms with E-state index in [9.17, 15) is 4.79 Å². The maximum atomic E-state index is 12.9. The molecule has 0 amide bonds. The van der Waals surface area contributed by atoms with Crippen molar-refractivity contribution >= 4 is 5.97 Å². The molecule has 44 heavy (non-hydrogen) atoms. The van der Waals surface area contributed by atoms with E-state index < -0.39 is 5.60 Å². The van der Waals surface area contributed by atoms with E-state index in [-0.39, 0.29) is 63.4 Å². The third-order valence-electron chi connectivity index (χ3n) is 10.4. The van der Waals surface area contributed by atoms with Gasteiger partial charge in [0.1, 0.15) is 6.61 Å². The Kier molecular flexibility index (Phi) is 16.2. The highest BCUT2D eigenvalue weighted by Crippen LogP contribution is 2.43. The zero-order valence-corrected chi connectivity index (χ0v) is 32.8. The lowest BCUT2D eigenvalue weighted by Crippen LogP contribution is -2.49. The van der Waals surface area contributed by atoms with Gasteiger partial charge in [0.05, 0.1) is 48.6 Å². The van der Waals surface area contributed by atoms with Crippen LogP contribution in [0.2, 0.25) is 0 Å². The van der Waals surface area contributed by atoms with Gasteiger partial charge < -0.3 is 23.7 Å². The number of hydrogen-bond donors (Lipinski definition) is 0. The van der Waals surface area contributed by atoms with Crippen molar-refractivity contribution in [1.82, 2.24) is 0 Å². The fourth-order valence-electron chi connectivity index (χ4n) is 4.91. The smallest absolute Gasteiger partial charge is 0.309 e. The molecule has 0 spiro atoms. The van der Waals surface area contributed by atoms with Gasteiger partial charge in [-0.15, -0.1) is 0 Å². The molecule has 0 aliphatic rings. The lowest BCUT2D eigenvalue weighted by molar-refractivity contribution is -0.167. The maximum Gasteiger partial charge on any atom is 0.309 e. The van der Waals surface area contributed by atoms with Crippen molar-refractivity contribution in [2.45, 2.75) is 174 Å². The molecule has 2 unspecified atom stereocenters. The van der Waals surface area contributed by atoms with Gasteiger partial charge in [-0.1, -0.05) is 76.2 Å². The predicted molar refractivity (Wildman–Crippen MR) is 185 cm³/mol. The molecular weight excluding hydrogens is 552 g/mol. The fourth-order valence-corrected chi connectivity index (χ4v) is 4.91. The molecule has 0 radical (unpaired) electrons. The molecule has 6 heteroatoms. The average Bonchev–Trinajstić information content (AvgIpc) is 2.81. The SMILES string of the molecule is CC(C)OCCC(C)(C)C(C)(C)OCC(C)C(C)(C)C(C)(C)OCCC(C)(C)OCCOC(=O)C(CC(C)(C)C)C(C)(C)C. The van der Waals surface area contributed by atoms with Crippen LogP contribution in [0.15, 0.2) is 0 Å². The van der Waals surface area contributed by atoms with Crippen LogP contribution in [0.3, 0.4) is 0 Å². The first-order valence-corrected chi connectivity index (χ1v) is 17.2. The lowest BCUT2D eigenvalue weighted by Gasteiger charge is -2.48. The summed E-state index contributed by atoms with van der Waals surface area (Å²) in [7, 11) is 0. The van der Waals surface area contributed by atoms with Crippen molar-refractivity contribution in [1.29, 1.82) is 0 Å².